The van der Waals surface area contributed by atoms with Crippen molar-refractivity contribution in [3.63, 3.8) is 0 Å². The van der Waals surface area contributed by atoms with Crippen LogP contribution in [0.25, 0.3) is 121 Å². The molecule has 12 aromatic rings. The Balaban J connectivity index is 0.981. The van der Waals surface area contributed by atoms with Crippen molar-refractivity contribution in [2.45, 2.75) is 77.0 Å². The maximum Gasteiger partial charge on any atom is 0.335 e. The Morgan fingerprint density at radius 1 is 0.227 bits per heavy atom. The Hall–Kier alpha value is -10.4. The molecule has 0 amide bonds. The van der Waals surface area contributed by atoms with Crippen molar-refractivity contribution >= 4 is 56.2 Å². The van der Waals surface area contributed by atoms with Gasteiger partial charge in [-0.05, 0) is 251 Å². The van der Waals surface area contributed by atoms with Crippen LogP contribution in [0.1, 0.15) is 141 Å². The van der Waals surface area contributed by atoms with E-state index < -0.39 is 45.5 Å². The van der Waals surface area contributed by atoms with Crippen LogP contribution in [-0.2, 0) is 21.7 Å². The van der Waals surface area contributed by atoms with E-state index in [2.05, 4.69) is 165 Å². The lowest BCUT2D eigenvalue weighted by atomic mass is 9.78. The van der Waals surface area contributed by atoms with Crippen LogP contribution in [0.5, 0.6) is 0 Å². The molecule has 426 valence electrons. The van der Waals surface area contributed by atoms with E-state index in [-0.39, 0.29) is 22.3 Å². The molecule has 0 heterocycles. The summed E-state index contributed by atoms with van der Waals surface area (Å²) in [5.74, 6) is -3.85. The van der Waals surface area contributed by atoms with Crippen molar-refractivity contribution in [2.24, 2.45) is 0 Å². The van der Waals surface area contributed by atoms with Gasteiger partial charge in [-0.3, -0.25) is 0 Å². The van der Waals surface area contributed by atoms with Crippen molar-refractivity contribution in [1.29, 1.82) is 0 Å². The summed E-state index contributed by atoms with van der Waals surface area (Å²) in [4.78, 5) is 49.5. The highest BCUT2D eigenvalue weighted by Crippen LogP contribution is 2.57. The fourth-order valence-electron chi connectivity index (χ4n) is 16.1. The van der Waals surface area contributed by atoms with Crippen LogP contribution in [0.4, 0.5) is 0 Å². The van der Waals surface area contributed by atoms with Gasteiger partial charge in [-0.25, -0.2) is 19.2 Å². The third-order valence-corrected chi connectivity index (χ3v) is 20.8. The predicted molar refractivity (Wildman–Crippen MR) is 350 cm³/mol. The topological polar surface area (TPSA) is 149 Å². The first-order chi connectivity index (χ1) is 41.9. The van der Waals surface area contributed by atoms with Crippen molar-refractivity contribution in [2.75, 3.05) is 0 Å². The third-order valence-electron chi connectivity index (χ3n) is 20.8. The van der Waals surface area contributed by atoms with Crippen LogP contribution in [-0.4, -0.2) is 44.3 Å². The minimum atomic E-state index is -0.963. The molecule has 0 unspecified atom stereocenters. The van der Waals surface area contributed by atoms with Gasteiger partial charge in [0.05, 0.1) is 22.3 Å². The van der Waals surface area contributed by atoms with Gasteiger partial charge in [-0.2, -0.15) is 0 Å². The number of hydrogen-bond donors (Lipinski definition) is 4. The van der Waals surface area contributed by atoms with Crippen molar-refractivity contribution in [3.8, 4) is 89.0 Å². The van der Waals surface area contributed by atoms with Crippen LogP contribution in [0, 0.1) is 0 Å². The first-order valence-electron chi connectivity index (χ1n) is 29.8. The van der Waals surface area contributed by atoms with Gasteiger partial charge >= 0.3 is 23.9 Å². The lowest BCUT2D eigenvalue weighted by Crippen LogP contribution is -2.16. The standard InChI is InChI=1S/C80H58O8/c1-77(2)63-29-39(9-17-47(63)51-21-13-43(73(81)82)33-67(51)77)59-37-60(40-10-18-48-52-22-14-44(74(83)84)34-68(52)78(3,4)64(48)30-40)56-27-28-58-62(42-12-20-50-54-24-16-46(76(87)88)36-70(54)80(7,8)66(50)32-42)38-61(57-26-25-55(59)71(56)72(57)58)41-11-19-49-53-23-15-45(75(85)86)35-69(53)79(5,6)65(49)31-41/h9-38H,1-8H3,(H,81,82)(H,83,84)(H,85,86)(H,87,88). The molecule has 8 nitrogen and oxygen atoms in total. The average molecular weight is 1150 g/mol. The predicted octanol–water partition coefficient (Wildman–Crippen LogP) is 19.3. The van der Waals surface area contributed by atoms with E-state index in [4.69, 9.17) is 0 Å². The lowest BCUT2D eigenvalue weighted by Gasteiger charge is -2.25. The Morgan fingerprint density at radius 2 is 0.409 bits per heavy atom. The second-order valence-electron chi connectivity index (χ2n) is 26.8. The minimum absolute atomic E-state index is 0.254. The first kappa shape index (κ1) is 53.1. The molecule has 8 heteroatoms. The zero-order chi connectivity index (χ0) is 61.2. The second-order valence-corrected chi connectivity index (χ2v) is 26.8. The van der Waals surface area contributed by atoms with Crippen LogP contribution < -0.4 is 0 Å². The molecule has 4 aliphatic carbocycles. The molecular weight excluding hydrogens is 1090 g/mol. The van der Waals surface area contributed by atoms with Gasteiger partial charge in [0.15, 0.2) is 0 Å². The fourth-order valence-corrected chi connectivity index (χ4v) is 16.1. The van der Waals surface area contributed by atoms with Crippen molar-refractivity contribution in [1.82, 2.24) is 0 Å². The van der Waals surface area contributed by atoms with Gasteiger partial charge in [0.1, 0.15) is 0 Å². The summed E-state index contributed by atoms with van der Waals surface area (Å²) in [5, 5.41) is 47.0. The number of benzene rings is 12. The molecule has 4 aliphatic rings. The van der Waals surface area contributed by atoms with E-state index in [1.54, 1.807) is 24.3 Å². The SMILES string of the molecule is CC1(C)c2cc(C(=O)O)ccc2-c2ccc(-c3cc(-c4ccc5c(c4)C(C)(C)c4cc(C(=O)O)ccc4-5)c4ccc5c(-c6ccc7c(c6)C(C)(C)c6cc(C(=O)O)ccc6-7)cc(-c6ccc7c(c6)C(C)(C)c6cc(C(=O)O)ccc6-7)c6ccc3c4c65)cc21. The van der Waals surface area contributed by atoms with Crippen LogP contribution in [0.3, 0.4) is 0 Å². The third kappa shape index (κ3) is 7.08. The molecular formula is C80H58O8. The summed E-state index contributed by atoms with van der Waals surface area (Å²) in [7, 11) is 0. The van der Waals surface area contributed by atoms with E-state index in [1.165, 1.54) is 0 Å². The highest BCUT2D eigenvalue weighted by atomic mass is 16.4. The number of carbonyl (C=O) groups is 4. The van der Waals surface area contributed by atoms with Crippen molar-refractivity contribution < 1.29 is 39.6 Å². The van der Waals surface area contributed by atoms with Gasteiger partial charge in [0.25, 0.3) is 0 Å². The normalized spacial score (nSPS) is 15.3. The van der Waals surface area contributed by atoms with E-state index in [0.29, 0.717) is 0 Å². The summed E-state index contributed by atoms with van der Waals surface area (Å²) in [5.41, 5.74) is 23.9. The molecule has 0 spiro atoms. The Kier molecular flexibility index (Phi) is 10.6. The van der Waals surface area contributed by atoms with Gasteiger partial charge < -0.3 is 20.4 Å². The molecule has 0 aliphatic heterocycles. The molecule has 4 N–H and O–H groups in total. The van der Waals surface area contributed by atoms with Gasteiger partial charge in [0.2, 0.25) is 0 Å². The minimum Gasteiger partial charge on any atom is -0.478 e. The van der Waals surface area contributed by atoms with E-state index >= 15 is 0 Å². The molecule has 0 atom stereocenters. The highest BCUT2D eigenvalue weighted by Gasteiger charge is 2.41. The molecule has 16 rings (SSSR count). The Bertz CT molecular complexity index is 4630. The number of fused-ring (bicyclic) bond motifs is 12. The summed E-state index contributed by atoms with van der Waals surface area (Å²) >= 11 is 0. The maximum atomic E-state index is 12.4. The molecule has 0 bridgehead atoms. The average Bonchev–Trinajstić information content (AvgIpc) is 1.18. The maximum absolute atomic E-state index is 12.4. The monoisotopic (exact) mass is 1150 g/mol. The number of carboxylic acids is 4. The Labute approximate surface area is 508 Å². The lowest BCUT2D eigenvalue weighted by molar-refractivity contribution is 0.0686. The summed E-state index contributed by atoms with van der Waals surface area (Å²) < 4.78 is 0. The first-order valence-corrected chi connectivity index (χ1v) is 29.8. The molecule has 0 aromatic heterocycles. The fraction of sp³-hybridized carbons (Fsp3) is 0.150. The molecule has 0 saturated heterocycles. The molecule has 12 aromatic carbocycles. The molecule has 0 saturated carbocycles. The van der Waals surface area contributed by atoms with E-state index in [9.17, 15) is 39.6 Å². The van der Waals surface area contributed by atoms with Gasteiger partial charge in [-0.15, -0.1) is 0 Å². The van der Waals surface area contributed by atoms with E-state index in [1.807, 2.05) is 48.5 Å². The quantitative estimate of drug-likeness (QED) is 0.110. The zero-order valence-corrected chi connectivity index (χ0v) is 49.7. The summed E-state index contributed by atoms with van der Waals surface area (Å²) in [6.07, 6.45) is 0. The molecule has 0 fully saturated rings. The summed E-state index contributed by atoms with van der Waals surface area (Å²) in [6, 6.07) is 62.4. The summed E-state index contributed by atoms with van der Waals surface area (Å²) in [6.45, 7) is 17.4. The number of rotatable bonds is 8. The van der Waals surface area contributed by atoms with Gasteiger partial charge in [0, 0.05) is 21.7 Å². The number of carboxylic acid groups (broad SMARTS) is 4. The van der Waals surface area contributed by atoms with Crippen LogP contribution in [0.15, 0.2) is 182 Å². The Morgan fingerprint density at radius 3 is 0.602 bits per heavy atom. The molecule has 88 heavy (non-hydrogen) atoms. The number of hydrogen-bond acceptors (Lipinski definition) is 4. The highest BCUT2D eigenvalue weighted by molar-refractivity contribution is 6.32. The largest absolute Gasteiger partial charge is 0.478 e. The molecule has 0 radical (unpaired) electrons. The number of aromatic carboxylic acids is 4. The van der Waals surface area contributed by atoms with Crippen molar-refractivity contribution in [3.05, 3.63) is 249 Å². The van der Waals surface area contributed by atoms with E-state index in [0.717, 1.165) is 166 Å². The van der Waals surface area contributed by atoms with Crippen LogP contribution in [0.2, 0.25) is 0 Å². The smallest absolute Gasteiger partial charge is 0.335 e. The van der Waals surface area contributed by atoms with Gasteiger partial charge in [-0.1, -0.05) is 152 Å². The van der Waals surface area contributed by atoms with Crippen LogP contribution >= 0.6 is 0 Å². The second kappa shape index (κ2) is 17.6. The zero-order valence-electron chi connectivity index (χ0n) is 49.7.